The van der Waals surface area contributed by atoms with E-state index in [4.69, 9.17) is 16.0 Å². The minimum atomic E-state index is -0.0465. The van der Waals surface area contributed by atoms with Crippen molar-refractivity contribution in [3.05, 3.63) is 56.9 Å². The summed E-state index contributed by atoms with van der Waals surface area (Å²) in [7, 11) is 0. The van der Waals surface area contributed by atoms with E-state index in [1.807, 2.05) is 12.1 Å². The number of likely N-dealkylation sites (tertiary alicyclic amines) is 1. The fourth-order valence-corrected chi connectivity index (χ4v) is 3.61. The van der Waals surface area contributed by atoms with Crippen LogP contribution in [-0.2, 0) is 6.54 Å². The highest BCUT2D eigenvalue weighted by atomic mass is 79.9. The number of hydrogen-bond acceptors (Lipinski definition) is 3. The van der Waals surface area contributed by atoms with E-state index < -0.39 is 0 Å². The predicted molar refractivity (Wildman–Crippen MR) is 98.4 cm³/mol. The number of nitrogens with one attached hydrogen (secondary N) is 1. The highest BCUT2D eigenvalue weighted by Crippen LogP contribution is 2.24. The molecule has 2 heterocycles. The zero-order valence-corrected chi connectivity index (χ0v) is 15.9. The van der Waals surface area contributed by atoms with Crippen molar-refractivity contribution >= 4 is 33.4 Å². The Bertz CT molecular complexity index is 724. The molecule has 0 bridgehead atoms. The summed E-state index contributed by atoms with van der Waals surface area (Å²) < 4.78 is 6.23. The van der Waals surface area contributed by atoms with Crippen LogP contribution in [0.2, 0.25) is 5.02 Å². The molecule has 4 nitrogen and oxygen atoms in total. The molecule has 2 aromatic rings. The molecule has 1 N–H and O–H groups in total. The number of hydrogen-bond donors (Lipinski definition) is 1. The van der Waals surface area contributed by atoms with Gasteiger partial charge in [-0.25, -0.2) is 0 Å². The molecule has 0 aliphatic carbocycles. The standard InChI is InChI=1S/C18H20BrClN2O2/c1-12-16(6-9-24-12)18(23)21-15-4-7-22(8-5-15)11-13-10-14(19)2-3-17(13)20/h2-3,6,9-10,15H,4-5,7-8,11H2,1H3,(H,21,23). The molecule has 0 radical (unpaired) electrons. The molecule has 0 unspecified atom stereocenters. The van der Waals surface area contributed by atoms with E-state index in [2.05, 4.69) is 32.2 Å². The third-order valence-corrected chi connectivity index (χ3v) is 5.29. The average molecular weight is 412 g/mol. The smallest absolute Gasteiger partial charge is 0.255 e. The molecule has 24 heavy (non-hydrogen) atoms. The quantitative estimate of drug-likeness (QED) is 0.811. The fraction of sp³-hybridized carbons (Fsp3) is 0.389. The minimum Gasteiger partial charge on any atom is -0.469 e. The summed E-state index contributed by atoms with van der Waals surface area (Å²) in [5.74, 6) is 0.615. The van der Waals surface area contributed by atoms with Crippen LogP contribution < -0.4 is 5.32 Å². The second-order valence-corrected chi connectivity index (χ2v) is 7.47. The number of amides is 1. The summed E-state index contributed by atoms with van der Waals surface area (Å²) in [5.41, 5.74) is 1.75. The first kappa shape index (κ1) is 17.5. The van der Waals surface area contributed by atoms with Crippen LogP contribution >= 0.6 is 27.5 Å². The van der Waals surface area contributed by atoms with E-state index in [0.29, 0.717) is 11.3 Å². The van der Waals surface area contributed by atoms with E-state index in [-0.39, 0.29) is 11.9 Å². The van der Waals surface area contributed by atoms with Crippen LogP contribution in [0, 0.1) is 6.92 Å². The summed E-state index contributed by atoms with van der Waals surface area (Å²) in [6.07, 6.45) is 3.43. The van der Waals surface area contributed by atoms with Gasteiger partial charge in [-0.1, -0.05) is 27.5 Å². The summed E-state index contributed by atoms with van der Waals surface area (Å²) in [6.45, 7) is 4.52. The van der Waals surface area contributed by atoms with Crippen molar-refractivity contribution < 1.29 is 9.21 Å². The Morgan fingerprint density at radius 3 is 2.79 bits per heavy atom. The van der Waals surface area contributed by atoms with E-state index in [1.54, 1.807) is 19.3 Å². The van der Waals surface area contributed by atoms with Gasteiger partial charge in [0.2, 0.25) is 0 Å². The molecule has 128 valence electrons. The molecule has 0 saturated carbocycles. The van der Waals surface area contributed by atoms with Crippen molar-refractivity contribution in [3.8, 4) is 0 Å². The van der Waals surface area contributed by atoms with Gasteiger partial charge in [-0.3, -0.25) is 9.69 Å². The van der Waals surface area contributed by atoms with Crippen LogP contribution in [-0.4, -0.2) is 29.9 Å². The normalized spacial score (nSPS) is 16.3. The molecule has 3 rings (SSSR count). The highest BCUT2D eigenvalue weighted by molar-refractivity contribution is 9.10. The number of nitrogens with zero attached hydrogens (tertiary/aromatic N) is 1. The van der Waals surface area contributed by atoms with Crippen LogP contribution in [0.15, 0.2) is 39.4 Å². The van der Waals surface area contributed by atoms with Crippen molar-refractivity contribution in [1.82, 2.24) is 10.2 Å². The van der Waals surface area contributed by atoms with Crippen molar-refractivity contribution in [3.63, 3.8) is 0 Å². The van der Waals surface area contributed by atoms with Gasteiger partial charge < -0.3 is 9.73 Å². The van der Waals surface area contributed by atoms with E-state index >= 15 is 0 Å². The van der Waals surface area contributed by atoms with E-state index in [1.165, 1.54) is 0 Å². The van der Waals surface area contributed by atoms with Crippen LogP contribution in [0.25, 0.3) is 0 Å². The first-order valence-corrected chi connectivity index (χ1v) is 9.21. The molecular weight excluding hydrogens is 392 g/mol. The molecule has 1 fully saturated rings. The fourth-order valence-electron chi connectivity index (χ4n) is 3.02. The molecule has 1 aromatic carbocycles. The lowest BCUT2D eigenvalue weighted by Gasteiger charge is -2.32. The summed E-state index contributed by atoms with van der Waals surface area (Å²) in [5, 5.41) is 3.90. The Morgan fingerprint density at radius 1 is 1.38 bits per heavy atom. The minimum absolute atomic E-state index is 0.0465. The zero-order valence-electron chi connectivity index (χ0n) is 13.5. The van der Waals surface area contributed by atoms with Crippen LogP contribution in [0.1, 0.15) is 34.5 Å². The van der Waals surface area contributed by atoms with Gasteiger partial charge in [0.25, 0.3) is 5.91 Å². The van der Waals surface area contributed by atoms with Crippen LogP contribution in [0.4, 0.5) is 0 Å². The summed E-state index contributed by atoms with van der Waals surface area (Å²) >= 11 is 9.76. The molecule has 6 heteroatoms. The van der Waals surface area contributed by atoms with Gasteiger partial charge in [-0.15, -0.1) is 0 Å². The maximum atomic E-state index is 12.2. The van der Waals surface area contributed by atoms with Gasteiger partial charge in [-0.05, 0) is 49.6 Å². The molecular formula is C18H20BrClN2O2. The molecule has 1 amide bonds. The SMILES string of the molecule is Cc1occc1C(=O)NC1CCN(Cc2cc(Br)ccc2Cl)CC1. The Hall–Kier alpha value is -1.30. The van der Waals surface area contributed by atoms with E-state index in [0.717, 1.165) is 47.5 Å². The highest BCUT2D eigenvalue weighted by Gasteiger charge is 2.22. The van der Waals surface area contributed by atoms with E-state index in [9.17, 15) is 4.79 Å². The van der Waals surface area contributed by atoms with Gasteiger partial charge in [0.15, 0.2) is 0 Å². The lowest BCUT2D eigenvalue weighted by Crippen LogP contribution is -2.44. The van der Waals surface area contributed by atoms with Crippen molar-refractivity contribution in [2.75, 3.05) is 13.1 Å². The molecule has 0 atom stereocenters. The summed E-state index contributed by atoms with van der Waals surface area (Å²) in [4.78, 5) is 14.6. The van der Waals surface area contributed by atoms with Crippen LogP contribution in [0.5, 0.6) is 0 Å². The Labute approximate surface area is 155 Å². The first-order valence-electron chi connectivity index (χ1n) is 8.04. The number of furan rings is 1. The number of aryl methyl sites for hydroxylation is 1. The Balaban J connectivity index is 1.52. The van der Waals surface area contributed by atoms with Gasteiger partial charge in [-0.2, -0.15) is 0 Å². The van der Waals surface area contributed by atoms with Crippen molar-refractivity contribution in [2.45, 2.75) is 32.4 Å². The second kappa shape index (κ2) is 7.72. The van der Waals surface area contributed by atoms with Gasteiger partial charge in [0, 0.05) is 35.2 Å². The number of piperidine rings is 1. The third-order valence-electron chi connectivity index (χ3n) is 4.43. The topological polar surface area (TPSA) is 45.5 Å². The Kier molecular flexibility index (Phi) is 5.64. The molecule has 1 saturated heterocycles. The van der Waals surface area contributed by atoms with Crippen LogP contribution in [0.3, 0.4) is 0 Å². The Morgan fingerprint density at radius 2 is 2.12 bits per heavy atom. The number of carbonyl (C=O) groups is 1. The second-order valence-electron chi connectivity index (χ2n) is 6.15. The van der Waals surface area contributed by atoms with Crippen molar-refractivity contribution in [2.24, 2.45) is 0 Å². The van der Waals surface area contributed by atoms with Gasteiger partial charge in [0.05, 0.1) is 11.8 Å². The number of rotatable bonds is 4. The number of halogens is 2. The predicted octanol–water partition coefficient (Wildman–Crippen LogP) is 4.40. The number of carbonyl (C=O) groups excluding carboxylic acids is 1. The molecule has 1 aliphatic heterocycles. The molecule has 1 aromatic heterocycles. The number of benzene rings is 1. The monoisotopic (exact) mass is 410 g/mol. The lowest BCUT2D eigenvalue weighted by molar-refractivity contribution is 0.0907. The van der Waals surface area contributed by atoms with Gasteiger partial charge in [0.1, 0.15) is 5.76 Å². The summed E-state index contributed by atoms with van der Waals surface area (Å²) in [6, 6.07) is 7.86. The van der Waals surface area contributed by atoms with Crippen molar-refractivity contribution in [1.29, 1.82) is 0 Å². The van der Waals surface area contributed by atoms with Gasteiger partial charge >= 0.3 is 0 Å². The maximum Gasteiger partial charge on any atom is 0.255 e. The lowest BCUT2D eigenvalue weighted by atomic mass is 10.0. The third kappa shape index (κ3) is 4.21. The zero-order chi connectivity index (χ0) is 17.1. The largest absolute Gasteiger partial charge is 0.469 e. The molecule has 1 aliphatic rings. The maximum absolute atomic E-state index is 12.2. The molecule has 0 spiro atoms. The average Bonchev–Trinajstić information content (AvgIpc) is 2.99. The first-order chi connectivity index (χ1) is 11.5.